The molecule has 0 radical (unpaired) electrons. The number of aryl methyl sites for hydroxylation is 1. The van der Waals surface area contributed by atoms with Gasteiger partial charge in [0.1, 0.15) is 0 Å². The van der Waals surface area contributed by atoms with E-state index < -0.39 is 0 Å². The molecule has 4 heteroatoms. The van der Waals surface area contributed by atoms with Gasteiger partial charge in [-0.3, -0.25) is 0 Å². The first kappa shape index (κ1) is 7.49. The third kappa shape index (κ3) is 1.25. The van der Waals surface area contributed by atoms with Gasteiger partial charge in [-0.15, -0.1) is 11.3 Å². The fourth-order valence-corrected chi connectivity index (χ4v) is 1.54. The Balaban J connectivity index is 2.35. The Kier molecular flexibility index (Phi) is 1.91. The summed E-state index contributed by atoms with van der Waals surface area (Å²) in [5, 5.41) is 5.80. The molecule has 2 rings (SSSR count). The fraction of sp³-hybridized carbons (Fsp3) is 0.250. The molecule has 0 N–H and O–H groups in total. The molecule has 2 aromatic rings. The molecule has 0 atom stereocenters. The van der Waals surface area contributed by atoms with Gasteiger partial charge in [-0.25, -0.2) is 0 Å². The molecule has 0 unspecified atom stereocenters. The van der Waals surface area contributed by atoms with Crippen molar-refractivity contribution in [2.75, 3.05) is 0 Å². The minimum atomic E-state index is 0.627. The standard InChI is InChI=1S/C8H8N2OS/c1-2-7-9-8(11-10-7)6-4-3-5-12-6/h3-5H,2H2,1H3. The third-order valence-corrected chi connectivity index (χ3v) is 2.37. The van der Waals surface area contributed by atoms with Crippen LogP contribution in [0.1, 0.15) is 12.7 Å². The van der Waals surface area contributed by atoms with Crippen LogP contribution in [-0.2, 0) is 6.42 Å². The molecule has 0 bridgehead atoms. The first-order valence-electron chi connectivity index (χ1n) is 3.76. The highest BCUT2D eigenvalue weighted by Gasteiger charge is 2.06. The van der Waals surface area contributed by atoms with E-state index in [4.69, 9.17) is 4.52 Å². The SMILES string of the molecule is CCc1noc(-c2cccs2)n1. The van der Waals surface area contributed by atoms with Crippen LogP contribution in [0.4, 0.5) is 0 Å². The van der Waals surface area contributed by atoms with Gasteiger partial charge >= 0.3 is 0 Å². The van der Waals surface area contributed by atoms with E-state index in [-0.39, 0.29) is 0 Å². The normalized spacial score (nSPS) is 10.4. The van der Waals surface area contributed by atoms with E-state index in [1.54, 1.807) is 11.3 Å². The van der Waals surface area contributed by atoms with Crippen LogP contribution in [0.25, 0.3) is 10.8 Å². The summed E-state index contributed by atoms with van der Waals surface area (Å²) in [4.78, 5) is 5.23. The third-order valence-electron chi connectivity index (χ3n) is 1.52. The first-order valence-corrected chi connectivity index (χ1v) is 4.64. The lowest BCUT2D eigenvalue weighted by Crippen LogP contribution is -1.80. The van der Waals surface area contributed by atoms with Gasteiger partial charge in [0, 0.05) is 6.42 Å². The van der Waals surface area contributed by atoms with Crippen LogP contribution in [0.2, 0.25) is 0 Å². The Morgan fingerprint density at radius 1 is 1.58 bits per heavy atom. The van der Waals surface area contributed by atoms with E-state index in [2.05, 4.69) is 10.1 Å². The topological polar surface area (TPSA) is 38.9 Å². The van der Waals surface area contributed by atoms with Crippen LogP contribution in [0.15, 0.2) is 22.0 Å². The van der Waals surface area contributed by atoms with Gasteiger partial charge in [0.25, 0.3) is 5.89 Å². The van der Waals surface area contributed by atoms with Crippen LogP contribution in [0.5, 0.6) is 0 Å². The molecule has 62 valence electrons. The molecule has 0 aliphatic heterocycles. The number of rotatable bonds is 2. The molecule has 12 heavy (non-hydrogen) atoms. The smallest absolute Gasteiger partial charge is 0.267 e. The van der Waals surface area contributed by atoms with Crippen molar-refractivity contribution in [1.82, 2.24) is 10.1 Å². The number of aromatic nitrogens is 2. The van der Waals surface area contributed by atoms with Gasteiger partial charge in [0.15, 0.2) is 5.82 Å². The van der Waals surface area contributed by atoms with Gasteiger partial charge in [-0.05, 0) is 11.4 Å². The fourth-order valence-electron chi connectivity index (χ4n) is 0.898. The van der Waals surface area contributed by atoms with Gasteiger partial charge < -0.3 is 4.52 Å². The second-order valence-electron chi connectivity index (χ2n) is 2.35. The zero-order valence-electron chi connectivity index (χ0n) is 6.65. The van der Waals surface area contributed by atoms with Crippen molar-refractivity contribution in [3.8, 4) is 10.8 Å². The van der Waals surface area contributed by atoms with Crippen LogP contribution in [0, 0.1) is 0 Å². The van der Waals surface area contributed by atoms with Crippen molar-refractivity contribution in [3.63, 3.8) is 0 Å². The van der Waals surface area contributed by atoms with E-state index in [0.29, 0.717) is 5.89 Å². The number of nitrogens with zero attached hydrogens (tertiary/aromatic N) is 2. The van der Waals surface area contributed by atoms with Crippen molar-refractivity contribution in [2.45, 2.75) is 13.3 Å². The highest BCUT2D eigenvalue weighted by atomic mass is 32.1. The zero-order chi connectivity index (χ0) is 8.39. The van der Waals surface area contributed by atoms with Crippen molar-refractivity contribution in [1.29, 1.82) is 0 Å². The minimum absolute atomic E-state index is 0.627. The maximum atomic E-state index is 5.05. The van der Waals surface area contributed by atoms with Gasteiger partial charge in [0.2, 0.25) is 0 Å². The Bertz CT molecular complexity index is 353. The molecular formula is C8H8N2OS. The average Bonchev–Trinajstić information content (AvgIpc) is 2.75. The summed E-state index contributed by atoms with van der Waals surface area (Å²) in [5.41, 5.74) is 0. The summed E-state index contributed by atoms with van der Waals surface area (Å²) < 4.78 is 5.05. The highest BCUT2D eigenvalue weighted by molar-refractivity contribution is 7.13. The summed E-state index contributed by atoms with van der Waals surface area (Å²) in [6, 6.07) is 3.94. The van der Waals surface area contributed by atoms with Gasteiger partial charge in [0.05, 0.1) is 4.88 Å². The maximum absolute atomic E-state index is 5.05. The van der Waals surface area contributed by atoms with Crippen LogP contribution >= 0.6 is 11.3 Å². The van der Waals surface area contributed by atoms with Gasteiger partial charge in [-0.1, -0.05) is 18.1 Å². The van der Waals surface area contributed by atoms with Crippen LogP contribution < -0.4 is 0 Å². The lowest BCUT2D eigenvalue weighted by Gasteiger charge is -1.81. The van der Waals surface area contributed by atoms with Crippen LogP contribution in [0.3, 0.4) is 0 Å². The maximum Gasteiger partial charge on any atom is 0.267 e. The molecule has 0 aromatic carbocycles. The summed E-state index contributed by atoms with van der Waals surface area (Å²) in [6.07, 6.45) is 0.814. The number of hydrogen-bond acceptors (Lipinski definition) is 4. The molecule has 2 aromatic heterocycles. The first-order chi connectivity index (χ1) is 5.90. The molecule has 0 spiro atoms. The molecule has 0 aliphatic rings. The van der Waals surface area contributed by atoms with Crippen molar-refractivity contribution in [2.24, 2.45) is 0 Å². The monoisotopic (exact) mass is 180 g/mol. The van der Waals surface area contributed by atoms with Gasteiger partial charge in [-0.2, -0.15) is 4.98 Å². The van der Waals surface area contributed by atoms with E-state index >= 15 is 0 Å². The quantitative estimate of drug-likeness (QED) is 0.712. The predicted molar refractivity (Wildman–Crippen MR) is 47.0 cm³/mol. The molecule has 0 amide bonds. The summed E-state index contributed by atoms with van der Waals surface area (Å²) in [5.74, 6) is 1.39. The Hall–Kier alpha value is -1.16. The highest BCUT2D eigenvalue weighted by Crippen LogP contribution is 2.22. The van der Waals surface area contributed by atoms with Crippen LogP contribution in [-0.4, -0.2) is 10.1 Å². The van der Waals surface area contributed by atoms with Crippen molar-refractivity contribution < 1.29 is 4.52 Å². The summed E-state index contributed by atoms with van der Waals surface area (Å²) in [6.45, 7) is 2.00. The van der Waals surface area contributed by atoms with Crippen molar-refractivity contribution in [3.05, 3.63) is 23.3 Å². The summed E-state index contributed by atoms with van der Waals surface area (Å²) >= 11 is 1.60. The lowest BCUT2D eigenvalue weighted by atomic mass is 10.4. The molecule has 0 aliphatic carbocycles. The Morgan fingerprint density at radius 2 is 2.50 bits per heavy atom. The lowest BCUT2D eigenvalue weighted by molar-refractivity contribution is 0.424. The van der Waals surface area contributed by atoms with E-state index in [0.717, 1.165) is 17.1 Å². The molecule has 2 heterocycles. The Morgan fingerprint density at radius 3 is 3.08 bits per heavy atom. The molecule has 0 saturated carbocycles. The molecule has 0 fully saturated rings. The minimum Gasteiger partial charge on any atom is -0.333 e. The van der Waals surface area contributed by atoms with E-state index in [1.165, 1.54) is 0 Å². The van der Waals surface area contributed by atoms with E-state index in [1.807, 2.05) is 24.4 Å². The number of hydrogen-bond donors (Lipinski definition) is 0. The zero-order valence-corrected chi connectivity index (χ0v) is 7.47. The Labute approximate surface area is 74.0 Å². The molecule has 0 saturated heterocycles. The second kappa shape index (κ2) is 3.06. The molecule has 3 nitrogen and oxygen atoms in total. The summed E-state index contributed by atoms with van der Waals surface area (Å²) in [7, 11) is 0. The number of thiophene rings is 1. The second-order valence-corrected chi connectivity index (χ2v) is 3.29. The average molecular weight is 180 g/mol. The van der Waals surface area contributed by atoms with E-state index in [9.17, 15) is 0 Å². The predicted octanol–water partition coefficient (Wildman–Crippen LogP) is 2.36. The largest absolute Gasteiger partial charge is 0.333 e. The van der Waals surface area contributed by atoms with Crippen molar-refractivity contribution >= 4 is 11.3 Å². The molecular weight excluding hydrogens is 172 g/mol.